The van der Waals surface area contributed by atoms with E-state index < -0.39 is 11.7 Å². The van der Waals surface area contributed by atoms with Gasteiger partial charge in [-0.3, -0.25) is 15.0 Å². The fraction of sp³-hybridized carbons (Fsp3) is 0.0806. The maximum absolute atomic E-state index is 13.7. The second-order valence-corrected chi connectivity index (χ2v) is 17.1. The van der Waals surface area contributed by atoms with Crippen molar-refractivity contribution in [3.63, 3.8) is 0 Å². The number of hydrogen-bond donors (Lipinski definition) is 0. The number of nitrogens with zero attached hydrogens (tertiary/aromatic N) is 3. The van der Waals surface area contributed by atoms with Crippen LogP contribution in [0.4, 0.5) is 13.2 Å². The average molecular weight is 890 g/mol. The van der Waals surface area contributed by atoms with Crippen molar-refractivity contribution in [3.8, 4) is 78.3 Å². The second-order valence-electron chi connectivity index (χ2n) is 17.1. The van der Waals surface area contributed by atoms with Crippen LogP contribution in [0.3, 0.4) is 0 Å². The van der Waals surface area contributed by atoms with Crippen LogP contribution in [0.1, 0.15) is 27.8 Å². The number of hydrogen-bond acceptors (Lipinski definition) is 3. The number of pyridine rings is 3. The standard InChI is InChI=1S/C62H46F3N3/c63-62(64,65)54-20-12-19-52(38-54)47-29-31-48(32-30-47)57-39-61(51-17-8-3-9-18-51)68-42-58(57)56-22-11-10-21-55(56)53-36-45(25-23-43-27-33-59(66-40-43)49-13-4-1-5-14-49)35-46(37-53)26-24-44-28-34-60(67-41-44)50-15-6-2-7-16-50/h1-22,27-42H,23-26H2. The van der Waals surface area contributed by atoms with Gasteiger partial charge in [-0.1, -0.05) is 182 Å². The first-order valence-corrected chi connectivity index (χ1v) is 22.9. The maximum atomic E-state index is 13.7. The van der Waals surface area contributed by atoms with E-state index in [9.17, 15) is 13.2 Å². The smallest absolute Gasteiger partial charge is 0.256 e. The van der Waals surface area contributed by atoms with Gasteiger partial charge in [0, 0.05) is 40.8 Å². The molecule has 0 radical (unpaired) electrons. The number of benzene rings is 7. The Hall–Kier alpha value is -8.22. The van der Waals surface area contributed by atoms with Gasteiger partial charge in [0.1, 0.15) is 0 Å². The van der Waals surface area contributed by atoms with E-state index in [2.05, 4.69) is 97.1 Å². The first-order chi connectivity index (χ1) is 33.3. The first kappa shape index (κ1) is 43.7. The number of alkyl halides is 3. The maximum Gasteiger partial charge on any atom is 0.416 e. The van der Waals surface area contributed by atoms with E-state index in [-0.39, 0.29) is 0 Å². The molecule has 0 fully saturated rings. The lowest BCUT2D eigenvalue weighted by molar-refractivity contribution is -0.137. The molecule has 3 nitrogen and oxygen atoms in total. The van der Waals surface area contributed by atoms with Gasteiger partial charge in [-0.2, -0.15) is 13.2 Å². The zero-order chi connectivity index (χ0) is 46.3. The lowest BCUT2D eigenvalue weighted by Gasteiger charge is -2.18. The summed E-state index contributed by atoms with van der Waals surface area (Å²) in [6, 6.07) is 70.0. The molecule has 0 atom stereocenters. The average Bonchev–Trinajstić information content (AvgIpc) is 3.40. The van der Waals surface area contributed by atoms with Crippen LogP contribution in [0, 0.1) is 0 Å². The molecule has 0 bridgehead atoms. The van der Waals surface area contributed by atoms with Crippen molar-refractivity contribution in [2.75, 3.05) is 0 Å². The Morgan fingerprint density at radius 2 is 0.750 bits per heavy atom. The van der Waals surface area contributed by atoms with Crippen LogP contribution in [0.15, 0.2) is 231 Å². The Kier molecular flexibility index (Phi) is 12.7. The molecule has 330 valence electrons. The van der Waals surface area contributed by atoms with Crippen molar-refractivity contribution in [2.24, 2.45) is 0 Å². The summed E-state index contributed by atoms with van der Waals surface area (Å²) in [6.07, 6.45) is 4.86. The predicted octanol–water partition coefficient (Wildman–Crippen LogP) is 16.1. The molecule has 10 aromatic rings. The van der Waals surface area contributed by atoms with Gasteiger partial charge in [-0.15, -0.1) is 0 Å². The van der Waals surface area contributed by atoms with E-state index in [1.807, 2.05) is 110 Å². The largest absolute Gasteiger partial charge is 0.416 e. The third kappa shape index (κ3) is 10.1. The quantitative estimate of drug-likeness (QED) is 0.116. The molecule has 0 aliphatic carbocycles. The van der Waals surface area contributed by atoms with Crippen LogP contribution in [-0.2, 0) is 31.9 Å². The van der Waals surface area contributed by atoms with Crippen LogP contribution in [-0.4, -0.2) is 15.0 Å². The first-order valence-electron chi connectivity index (χ1n) is 22.9. The van der Waals surface area contributed by atoms with Crippen molar-refractivity contribution in [3.05, 3.63) is 259 Å². The van der Waals surface area contributed by atoms with E-state index in [1.165, 1.54) is 34.4 Å². The Bertz CT molecular complexity index is 3170. The molecule has 0 spiro atoms. The normalized spacial score (nSPS) is 11.4. The Balaban J connectivity index is 1.01. The number of rotatable bonds is 13. The van der Waals surface area contributed by atoms with E-state index in [1.54, 1.807) is 6.07 Å². The van der Waals surface area contributed by atoms with Crippen LogP contribution in [0.25, 0.3) is 78.3 Å². The highest BCUT2D eigenvalue weighted by molar-refractivity contribution is 5.93. The highest BCUT2D eigenvalue weighted by atomic mass is 19.4. The number of aromatic nitrogens is 3. The van der Waals surface area contributed by atoms with Crippen LogP contribution in [0.5, 0.6) is 0 Å². The fourth-order valence-electron chi connectivity index (χ4n) is 8.85. The molecule has 68 heavy (non-hydrogen) atoms. The Morgan fingerprint density at radius 1 is 0.279 bits per heavy atom. The molecule has 0 aliphatic heterocycles. The van der Waals surface area contributed by atoms with Gasteiger partial charge in [0.2, 0.25) is 0 Å². The third-order valence-electron chi connectivity index (χ3n) is 12.5. The molecule has 0 saturated carbocycles. The molecule has 3 heterocycles. The topological polar surface area (TPSA) is 38.7 Å². The van der Waals surface area contributed by atoms with Gasteiger partial charge in [0.05, 0.1) is 22.6 Å². The summed E-state index contributed by atoms with van der Waals surface area (Å²) in [5.41, 5.74) is 17.4. The van der Waals surface area contributed by atoms with E-state index in [4.69, 9.17) is 15.0 Å². The summed E-state index contributed by atoms with van der Waals surface area (Å²) < 4.78 is 41.0. The van der Waals surface area contributed by atoms with Crippen molar-refractivity contribution in [1.29, 1.82) is 0 Å². The third-order valence-corrected chi connectivity index (χ3v) is 12.5. The molecule has 0 N–H and O–H groups in total. The molecule has 0 aliphatic rings. The highest BCUT2D eigenvalue weighted by Crippen LogP contribution is 2.41. The van der Waals surface area contributed by atoms with Gasteiger partial charge in [-0.25, -0.2) is 0 Å². The summed E-state index contributed by atoms with van der Waals surface area (Å²) in [4.78, 5) is 14.7. The monoisotopic (exact) mass is 889 g/mol. The molecule has 0 unspecified atom stereocenters. The summed E-state index contributed by atoms with van der Waals surface area (Å²) in [5, 5.41) is 0. The summed E-state index contributed by atoms with van der Waals surface area (Å²) in [7, 11) is 0. The zero-order valence-electron chi connectivity index (χ0n) is 37.2. The molecular weight excluding hydrogens is 844 g/mol. The van der Waals surface area contributed by atoms with Crippen LogP contribution >= 0.6 is 0 Å². The lowest BCUT2D eigenvalue weighted by atomic mass is 9.87. The molecular formula is C62H46F3N3. The SMILES string of the molecule is FC(F)(F)c1cccc(-c2ccc(-c3cc(-c4ccccc4)ncc3-c3ccccc3-c3cc(CCc4ccc(-c5ccccc5)nc4)cc(CCc4ccc(-c5ccccc5)nc4)c3)cc2)c1. The lowest BCUT2D eigenvalue weighted by Crippen LogP contribution is -2.04. The van der Waals surface area contributed by atoms with Crippen LogP contribution in [0.2, 0.25) is 0 Å². The van der Waals surface area contributed by atoms with Gasteiger partial charge in [0.25, 0.3) is 0 Å². The zero-order valence-corrected chi connectivity index (χ0v) is 37.2. The summed E-state index contributed by atoms with van der Waals surface area (Å²) in [5.74, 6) is 0. The second kappa shape index (κ2) is 19.7. The Morgan fingerprint density at radius 3 is 1.28 bits per heavy atom. The number of aryl methyl sites for hydroxylation is 4. The highest BCUT2D eigenvalue weighted by Gasteiger charge is 2.30. The van der Waals surface area contributed by atoms with Crippen molar-refractivity contribution >= 4 is 0 Å². The molecule has 7 aromatic carbocycles. The molecule has 6 heteroatoms. The molecule has 0 amide bonds. The van der Waals surface area contributed by atoms with E-state index in [0.29, 0.717) is 11.1 Å². The van der Waals surface area contributed by atoms with Gasteiger partial charge in [-0.05, 0) is 117 Å². The molecule has 3 aromatic heterocycles. The molecule has 10 rings (SSSR count). The van der Waals surface area contributed by atoms with Crippen LogP contribution < -0.4 is 0 Å². The summed E-state index contributed by atoms with van der Waals surface area (Å²) >= 11 is 0. The van der Waals surface area contributed by atoms with Crippen molar-refractivity contribution < 1.29 is 13.2 Å². The van der Waals surface area contributed by atoms with E-state index >= 15 is 0 Å². The minimum Gasteiger partial charge on any atom is -0.256 e. The van der Waals surface area contributed by atoms with Gasteiger partial charge in [0.15, 0.2) is 0 Å². The minimum atomic E-state index is -4.43. The predicted molar refractivity (Wildman–Crippen MR) is 271 cm³/mol. The Labute approximate surface area is 395 Å². The number of halogens is 3. The van der Waals surface area contributed by atoms with Crippen molar-refractivity contribution in [1.82, 2.24) is 15.0 Å². The fourth-order valence-corrected chi connectivity index (χ4v) is 8.85. The minimum absolute atomic E-state index is 0.508. The molecule has 0 saturated heterocycles. The van der Waals surface area contributed by atoms with Gasteiger partial charge < -0.3 is 0 Å². The van der Waals surface area contributed by atoms with E-state index in [0.717, 1.165) is 98.9 Å². The van der Waals surface area contributed by atoms with Gasteiger partial charge >= 0.3 is 6.18 Å². The van der Waals surface area contributed by atoms with Crippen molar-refractivity contribution in [2.45, 2.75) is 31.9 Å². The summed E-state index contributed by atoms with van der Waals surface area (Å²) in [6.45, 7) is 0.